The van der Waals surface area contributed by atoms with Crippen LogP contribution in [0.2, 0.25) is 0 Å². The Morgan fingerprint density at radius 2 is 2.29 bits per heavy atom. The summed E-state index contributed by atoms with van der Waals surface area (Å²) in [5.41, 5.74) is 1.69. The van der Waals surface area contributed by atoms with Crippen LogP contribution in [0.5, 0.6) is 0 Å². The van der Waals surface area contributed by atoms with Gasteiger partial charge in [0.2, 0.25) is 10.0 Å². The van der Waals surface area contributed by atoms with Crippen molar-refractivity contribution in [3.63, 3.8) is 0 Å². The molecule has 7 nitrogen and oxygen atoms in total. The molecule has 1 N–H and O–H groups in total. The van der Waals surface area contributed by atoms with Crippen molar-refractivity contribution < 1.29 is 8.42 Å². The van der Waals surface area contributed by atoms with E-state index in [1.54, 1.807) is 22.1 Å². The fourth-order valence-corrected chi connectivity index (χ4v) is 4.49. The fraction of sp³-hybridized carbons (Fsp3) is 0.538. The molecule has 1 aliphatic rings. The van der Waals surface area contributed by atoms with Gasteiger partial charge in [-0.15, -0.1) is 0 Å². The van der Waals surface area contributed by atoms with Gasteiger partial charge < -0.3 is 0 Å². The third-order valence-corrected chi connectivity index (χ3v) is 6.06. The molecule has 0 aromatic carbocycles. The highest BCUT2D eigenvalue weighted by molar-refractivity contribution is 7.89. The SMILES string of the molecule is CCn1ncc(S(=O)(=O)N2CCC(c3ccn[nH]3)C2)c1C. The highest BCUT2D eigenvalue weighted by Crippen LogP contribution is 2.30. The Balaban J connectivity index is 1.84. The Hall–Kier alpha value is -1.67. The van der Waals surface area contributed by atoms with E-state index in [4.69, 9.17) is 0 Å². The van der Waals surface area contributed by atoms with Crippen LogP contribution >= 0.6 is 0 Å². The Morgan fingerprint density at radius 1 is 1.48 bits per heavy atom. The molecule has 3 rings (SSSR count). The Morgan fingerprint density at radius 3 is 2.90 bits per heavy atom. The van der Waals surface area contributed by atoms with Crippen LogP contribution in [0.15, 0.2) is 23.4 Å². The minimum absolute atomic E-state index is 0.184. The van der Waals surface area contributed by atoms with E-state index in [2.05, 4.69) is 15.3 Å². The number of hydrogen-bond donors (Lipinski definition) is 1. The molecule has 1 aliphatic heterocycles. The Kier molecular flexibility index (Phi) is 3.58. The summed E-state index contributed by atoms with van der Waals surface area (Å²) in [6.45, 7) is 5.43. The third kappa shape index (κ3) is 2.38. The summed E-state index contributed by atoms with van der Waals surface area (Å²) in [5.74, 6) is 0.184. The molecule has 2 aromatic rings. The zero-order valence-electron chi connectivity index (χ0n) is 12.2. The Bertz CT molecular complexity index is 720. The summed E-state index contributed by atoms with van der Waals surface area (Å²) in [4.78, 5) is 0.314. The van der Waals surface area contributed by atoms with Crippen molar-refractivity contribution in [1.82, 2.24) is 24.3 Å². The van der Waals surface area contributed by atoms with Crippen LogP contribution in [0.3, 0.4) is 0 Å². The minimum Gasteiger partial charge on any atom is -0.282 e. The van der Waals surface area contributed by atoms with Gasteiger partial charge in [0.25, 0.3) is 0 Å². The van der Waals surface area contributed by atoms with Crippen LogP contribution in [0.4, 0.5) is 0 Å². The normalized spacial score (nSPS) is 20.2. The first-order chi connectivity index (χ1) is 10.0. The molecule has 0 bridgehead atoms. The second-order valence-corrected chi connectivity index (χ2v) is 7.18. The molecule has 1 unspecified atom stereocenters. The summed E-state index contributed by atoms with van der Waals surface area (Å²) in [7, 11) is -3.47. The lowest BCUT2D eigenvalue weighted by Crippen LogP contribution is -2.29. The van der Waals surface area contributed by atoms with Gasteiger partial charge in [-0.25, -0.2) is 8.42 Å². The number of H-pyrrole nitrogens is 1. The number of nitrogens with one attached hydrogen (secondary N) is 1. The second-order valence-electron chi connectivity index (χ2n) is 5.27. The van der Waals surface area contributed by atoms with Crippen molar-refractivity contribution in [2.24, 2.45) is 0 Å². The molecule has 0 radical (unpaired) electrons. The van der Waals surface area contributed by atoms with Crippen LogP contribution < -0.4 is 0 Å². The number of aryl methyl sites for hydroxylation is 1. The van der Waals surface area contributed by atoms with Gasteiger partial charge in [-0.2, -0.15) is 14.5 Å². The molecular formula is C13H19N5O2S. The monoisotopic (exact) mass is 309 g/mol. The zero-order valence-corrected chi connectivity index (χ0v) is 13.0. The molecule has 21 heavy (non-hydrogen) atoms. The van der Waals surface area contributed by atoms with Crippen molar-refractivity contribution in [3.05, 3.63) is 29.8 Å². The summed E-state index contributed by atoms with van der Waals surface area (Å²) in [6.07, 6.45) is 3.96. The minimum atomic E-state index is -3.47. The molecule has 1 saturated heterocycles. The highest BCUT2D eigenvalue weighted by atomic mass is 32.2. The van der Waals surface area contributed by atoms with Crippen molar-refractivity contribution in [2.45, 2.75) is 37.6 Å². The van der Waals surface area contributed by atoms with E-state index < -0.39 is 10.0 Å². The molecule has 1 atom stereocenters. The van der Waals surface area contributed by atoms with E-state index >= 15 is 0 Å². The molecular weight excluding hydrogens is 290 g/mol. The second kappa shape index (κ2) is 5.27. The molecule has 0 amide bonds. The van der Waals surface area contributed by atoms with E-state index in [-0.39, 0.29) is 5.92 Å². The molecule has 3 heterocycles. The molecule has 0 aliphatic carbocycles. The number of aromatic amines is 1. The van der Waals surface area contributed by atoms with Crippen molar-refractivity contribution in [2.75, 3.05) is 13.1 Å². The molecule has 1 fully saturated rings. The molecule has 0 saturated carbocycles. The van der Waals surface area contributed by atoms with Crippen LogP contribution in [0.1, 0.15) is 30.7 Å². The van der Waals surface area contributed by atoms with E-state index in [9.17, 15) is 8.42 Å². The maximum Gasteiger partial charge on any atom is 0.246 e. The maximum absolute atomic E-state index is 12.7. The van der Waals surface area contributed by atoms with Gasteiger partial charge in [0.05, 0.1) is 11.9 Å². The predicted octanol–water partition coefficient (Wildman–Crippen LogP) is 1.11. The third-order valence-electron chi connectivity index (χ3n) is 4.09. The number of aromatic nitrogens is 4. The van der Waals surface area contributed by atoms with Gasteiger partial charge in [0.15, 0.2) is 0 Å². The summed E-state index contributed by atoms with van der Waals surface area (Å²) in [6, 6.07) is 1.90. The number of rotatable bonds is 4. The first-order valence-electron chi connectivity index (χ1n) is 7.06. The Labute approximate surface area is 124 Å². The quantitative estimate of drug-likeness (QED) is 0.917. The van der Waals surface area contributed by atoms with Gasteiger partial charge in [0.1, 0.15) is 4.90 Å². The van der Waals surface area contributed by atoms with E-state index in [0.717, 1.165) is 12.1 Å². The van der Waals surface area contributed by atoms with E-state index in [0.29, 0.717) is 30.2 Å². The predicted molar refractivity (Wildman–Crippen MR) is 77.3 cm³/mol. The lowest BCUT2D eigenvalue weighted by molar-refractivity contribution is 0.471. The van der Waals surface area contributed by atoms with Crippen molar-refractivity contribution >= 4 is 10.0 Å². The van der Waals surface area contributed by atoms with E-state index in [1.165, 1.54) is 6.20 Å². The molecule has 2 aromatic heterocycles. The van der Waals surface area contributed by atoms with Crippen LogP contribution in [0.25, 0.3) is 0 Å². The van der Waals surface area contributed by atoms with Gasteiger partial charge >= 0.3 is 0 Å². The van der Waals surface area contributed by atoms with Crippen molar-refractivity contribution in [1.29, 1.82) is 0 Å². The first kappa shape index (κ1) is 14.3. The van der Waals surface area contributed by atoms with E-state index in [1.807, 2.05) is 13.0 Å². The van der Waals surface area contributed by atoms with Crippen LogP contribution in [0, 0.1) is 6.92 Å². The lowest BCUT2D eigenvalue weighted by Gasteiger charge is -2.16. The van der Waals surface area contributed by atoms with Gasteiger partial charge in [0, 0.05) is 37.4 Å². The molecule has 114 valence electrons. The highest BCUT2D eigenvalue weighted by Gasteiger charge is 2.35. The van der Waals surface area contributed by atoms with Crippen LogP contribution in [-0.4, -0.2) is 45.8 Å². The molecule has 0 spiro atoms. The summed E-state index contributed by atoms with van der Waals surface area (Å²) >= 11 is 0. The maximum atomic E-state index is 12.7. The topological polar surface area (TPSA) is 83.9 Å². The molecule has 8 heteroatoms. The largest absolute Gasteiger partial charge is 0.282 e. The first-order valence-corrected chi connectivity index (χ1v) is 8.50. The average Bonchev–Trinajstić information content (AvgIpc) is 3.18. The summed E-state index contributed by atoms with van der Waals surface area (Å²) in [5, 5.41) is 11.0. The van der Waals surface area contributed by atoms with Crippen LogP contribution in [-0.2, 0) is 16.6 Å². The fourth-order valence-electron chi connectivity index (χ4n) is 2.83. The summed E-state index contributed by atoms with van der Waals surface area (Å²) < 4.78 is 28.7. The van der Waals surface area contributed by atoms with Gasteiger partial charge in [-0.3, -0.25) is 9.78 Å². The lowest BCUT2D eigenvalue weighted by atomic mass is 10.1. The number of sulfonamides is 1. The zero-order chi connectivity index (χ0) is 15.0. The number of hydrogen-bond acceptors (Lipinski definition) is 4. The number of nitrogens with zero attached hydrogens (tertiary/aromatic N) is 4. The van der Waals surface area contributed by atoms with Crippen molar-refractivity contribution in [3.8, 4) is 0 Å². The van der Waals surface area contributed by atoms with Gasteiger partial charge in [-0.1, -0.05) is 0 Å². The van der Waals surface area contributed by atoms with Gasteiger partial charge in [-0.05, 0) is 26.3 Å². The smallest absolute Gasteiger partial charge is 0.246 e. The standard InChI is InChI=1S/C13H19N5O2S/c1-3-18-10(2)13(8-15-18)21(19,20)17-7-5-11(9-17)12-4-6-14-16-12/h4,6,8,11H,3,5,7,9H2,1-2H3,(H,14,16). The average molecular weight is 309 g/mol.